The van der Waals surface area contributed by atoms with Gasteiger partial charge in [-0.25, -0.2) is 0 Å². The van der Waals surface area contributed by atoms with E-state index >= 15 is 0 Å². The van der Waals surface area contributed by atoms with Gasteiger partial charge >= 0.3 is 0 Å². The van der Waals surface area contributed by atoms with Gasteiger partial charge in [0.2, 0.25) is 5.91 Å². The molecule has 2 N–H and O–H groups in total. The summed E-state index contributed by atoms with van der Waals surface area (Å²) in [4.78, 5) is 16.7. The maximum Gasteiger partial charge on any atom is 0.239 e. The van der Waals surface area contributed by atoms with E-state index in [1.165, 1.54) is 0 Å². The van der Waals surface area contributed by atoms with Gasteiger partial charge in [0.15, 0.2) is 0 Å². The SMILES string of the molecule is CC(C(=O)NC1CC1)N1CC(O)CO1. The number of amides is 1. The Morgan fingerprint density at radius 1 is 1.64 bits per heavy atom. The van der Waals surface area contributed by atoms with Crippen LogP contribution in [0.2, 0.25) is 0 Å². The summed E-state index contributed by atoms with van der Waals surface area (Å²) in [6, 6.07) is 0.0604. The van der Waals surface area contributed by atoms with Crippen molar-refractivity contribution in [3.8, 4) is 0 Å². The maximum atomic E-state index is 11.6. The molecule has 1 saturated heterocycles. The lowest BCUT2D eigenvalue weighted by Crippen LogP contribution is -2.44. The van der Waals surface area contributed by atoms with Crippen molar-refractivity contribution in [1.82, 2.24) is 10.4 Å². The largest absolute Gasteiger partial charge is 0.389 e. The Balaban J connectivity index is 1.80. The average Bonchev–Trinajstić information content (AvgIpc) is 2.85. The molecular weight excluding hydrogens is 184 g/mol. The molecule has 5 nitrogen and oxygen atoms in total. The zero-order valence-electron chi connectivity index (χ0n) is 8.27. The summed E-state index contributed by atoms with van der Waals surface area (Å²) < 4.78 is 0. The van der Waals surface area contributed by atoms with E-state index in [2.05, 4.69) is 5.32 Å². The van der Waals surface area contributed by atoms with Gasteiger partial charge in [-0.2, -0.15) is 5.06 Å². The number of carbonyl (C=O) groups is 1. The van der Waals surface area contributed by atoms with Crippen LogP contribution in [0.1, 0.15) is 19.8 Å². The van der Waals surface area contributed by atoms with Crippen molar-refractivity contribution in [3.63, 3.8) is 0 Å². The van der Waals surface area contributed by atoms with Crippen LogP contribution < -0.4 is 5.32 Å². The molecule has 1 aliphatic carbocycles. The lowest BCUT2D eigenvalue weighted by Gasteiger charge is -2.21. The number of hydrogen-bond acceptors (Lipinski definition) is 4. The first-order chi connectivity index (χ1) is 6.66. The standard InChI is InChI=1S/C9H16N2O3/c1-6(9(13)10-7-2-3-7)11-4-8(12)5-14-11/h6-8,12H,2-5H2,1H3,(H,10,13). The van der Waals surface area contributed by atoms with Crippen molar-refractivity contribution in [2.75, 3.05) is 13.2 Å². The number of carbonyl (C=O) groups excluding carboxylic acids is 1. The molecule has 0 radical (unpaired) electrons. The molecule has 1 heterocycles. The summed E-state index contributed by atoms with van der Waals surface area (Å²) in [7, 11) is 0. The number of hydrogen-bond donors (Lipinski definition) is 2. The van der Waals surface area contributed by atoms with Crippen LogP contribution in [0.5, 0.6) is 0 Å². The van der Waals surface area contributed by atoms with E-state index in [0.717, 1.165) is 12.8 Å². The molecule has 2 aliphatic rings. The Morgan fingerprint density at radius 3 is 2.86 bits per heavy atom. The summed E-state index contributed by atoms with van der Waals surface area (Å²) in [6.07, 6.45) is 1.70. The highest BCUT2D eigenvalue weighted by Gasteiger charge is 2.32. The lowest BCUT2D eigenvalue weighted by atomic mass is 10.3. The van der Waals surface area contributed by atoms with E-state index in [1.807, 2.05) is 0 Å². The molecule has 1 saturated carbocycles. The van der Waals surface area contributed by atoms with Crippen LogP contribution in [0.15, 0.2) is 0 Å². The first-order valence-corrected chi connectivity index (χ1v) is 5.05. The molecule has 0 bridgehead atoms. The molecule has 5 heteroatoms. The second-order valence-corrected chi connectivity index (χ2v) is 4.01. The van der Waals surface area contributed by atoms with Crippen LogP contribution in [0.3, 0.4) is 0 Å². The maximum absolute atomic E-state index is 11.6. The van der Waals surface area contributed by atoms with Crippen LogP contribution in [-0.4, -0.2) is 47.4 Å². The first kappa shape index (κ1) is 9.89. The zero-order valence-corrected chi connectivity index (χ0v) is 8.27. The molecule has 2 rings (SSSR count). The van der Waals surface area contributed by atoms with Gasteiger partial charge in [-0.3, -0.25) is 9.63 Å². The van der Waals surface area contributed by atoms with E-state index in [4.69, 9.17) is 4.84 Å². The van der Waals surface area contributed by atoms with Gasteiger partial charge in [0, 0.05) is 6.04 Å². The van der Waals surface area contributed by atoms with Gasteiger partial charge < -0.3 is 10.4 Å². The lowest BCUT2D eigenvalue weighted by molar-refractivity contribution is -0.158. The Bertz CT molecular complexity index is 230. The molecule has 0 aromatic heterocycles. The van der Waals surface area contributed by atoms with Gasteiger partial charge in [0.1, 0.15) is 6.04 Å². The second-order valence-electron chi connectivity index (χ2n) is 4.01. The minimum Gasteiger partial charge on any atom is -0.389 e. The van der Waals surface area contributed by atoms with E-state index in [9.17, 15) is 9.90 Å². The number of hydroxylamine groups is 2. The predicted molar refractivity (Wildman–Crippen MR) is 49.3 cm³/mol. The van der Waals surface area contributed by atoms with Crippen LogP contribution in [-0.2, 0) is 9.63 Å². The zero-order chi connectivity index (χ0) is 10.1. The van der Waals surface area contributed by atoms with Crippen molar-refractivity contribution in [2.24, 2.45) is 0 Å². The fraction of sp³-hybridized carbons (Fsp3) is 0.889. The monoisotopic (exact) mass is 200 g/mol. The smallest absolute Gasteiger partial charge is 0.239 e. The number of nitrogens with zero attached hydrogens (tertiary/aromatic N) is 1. The molecule has 2 fully saturated rings. The van der Waals surface area contributed by atoms with E-state index in [-0.39, 0.29) is 11.9 Å². The molecule has 1 aliphatic heterocycles. The van der Waals surface area contributed by atoms with Crippen LogP contribution >= 0.6 is 0 Å². The third kappa shape index (κ3) is 2.23. The number of rotatable bonds is 3. The van der Waals surface area contributed by atoms with Gasteiger partial charge in [-0.15, -0.1) is 0 Å². The number of β-amino-alcohol motifs (C(OH)–C–C–N with tert-alkyl or cyclic N) is 1. The summed E-state index contributed by atoms with van der Waals surface area (Å²) in [5.74, 6) is -0.0124. The molecule has 1 amide bonds. The van der Waals surface area contributed by atoms with E-state index in [0.29, 0.717) is 19.2 Å². The van der Waals surface area contributed by atoms with Gasteiger partial charge in [-0.1, -0.05) is 0 Å². The van der Waals surface area contributed by atoms with Gasteiger partial charge in [-0.05, 0) is 19.8 Å². The van der Waals surface area contributed by atoms with Crippen molar-refractivity contribution < 1.29 is 14.7 Å². The fourth-order valence-electron chi connectivity index (χ4n) is 1.45. The molecule has 2 atom stereocenters. The van der Waals surface area contributed by atoms with Crippen LogP contribution in [0.4, 0.5) is 0 Å². The molecule has 14 heavy (non-hydrogen) atoms. The van der Waals surface area contributed by atoms with Crippen molar-refractivity contribution >= 4 is 5.91 Å². The Hall–Kier alpha value is -0.650. The molecular formula is C9H16N2O3. The molecule has 80 valence electrons. The average molecular weight is 200 g/mol. The molecule has 2 unspecified atom stereocenters. The van der Waals surface area contributed by atoms with Crippen LogP contribution in [0.25, 0.3) is 0 Å². The number of aliphatic hydroxyl groups is 1. The molecule has 0 aromatic carbocycles. The summed E-state index contributed by atoms with van der Waals surface area (Å²) in [6.45, 7) is 2.50. The van der Waals surface area contributed by atoms with E-state index < -0.39 is 6.10 Å². The summed E-state index contributed by atoms with van der Waals surface area (Å²) in [5.41, 5.74) is 0. The topological polar surface area (TPSA) is 61.8 Å². The normalized spacial score (nSPS) is 30.3. The fourth-order valence-corrected chi connectivity index (χ4v) is 1.45. The molecule has 0 aromatic rings. The number of nitrogens with one attached hydrogen (secondary N) is 1. The second kappa shape index (κ2) is 3.84. The van der Waals surface area contributed by atoms with Crippen LogP contribution in [0, 0.1) is 0 Å². The third-order valence-corrected chi connectivity index (χ3v) is 2.56. The Labute approximate surface area is 83.0 Å². The Morgan fingerprint density at radius 2 is 2.36 bits per heavy atom. The third-order valence-electron chi connectivity index (χ3n) is 2.56. The highest BCUT2D eigenvalue weighted by Crippen LogP contribution is 2.19. The van der Waals surface area contributed by atoms with Gasteiger partial charge in [0.25, 0.3) is 0 Å². The highest BCUT2D eigenvalue weighted by atomic mass is 16.7. The van der Waals surface area contributed by atoms with Crippen molar-refractivity contribution in [3.05, 3.63) is 0 Å². The van der Waals surface area contributed by atoms with Gasteiger partial charge in [0.05, 0.1) is 19.3 Å². The van der Waals surface area contributed by atoms with Crippen molar-refractivity contribution in [2.45, 2.75) is 38.0 Å². The predicted octanol–water partition coefficient (Wildman–Crippen LogP) is -0.738. The molecule has 0 spiro atoms. The highest BCUT2D eigenvalue weighted by molar-refractivity contribution is 5.81. The summed E-state index contributed by atoms with van der Waals surface area (Å²) >= 11 is 0. The summed E-state index contributed by atoms with van der Waals surface area (Å²) in [5, 5.41) is 13.7. The number of aliphatic hydroxyl groups excluding tert-OH is 1. The quantitative estimate of drug-likeness (QED) is 0.630. The minimum absolute atomic E-state index is 0.0124. The van der Waals surface area contributed by atoms with E-state index in [1.54, 1.807) is 12.0 Å². The Kier molecular flexibility index (Phi) is 2.71. The van der Waals surface area contributed by atoms with Crippen molar-refractivity contribution in [1.29, 1.82) is 0 Å². The first-order valence-electron chi connectivity index (χ1n) is 5.05. The minimum atomic E-state index is -0.467.